The Morgan fingerprint density at radius 3 is 2.61 bits per heavy atom. The largest absolute Gasteiger partial charge is 0.398 e. The van der Waals surface area contributed by atoms with Crippen molar-refractivity contribution >= 4 is 39.7 Å². The second-order valence-corrected chi connectivity index (χ2v) is 9.13. The molecule has 13 heteroatoms. The number of methoxy groups -OCH3 is 1. The van der Waals surface area contributed by atoms with E-state index in [1.54, 1.807) is 22.8 Å². The number of nitrogens with zero attached hydrogens (tertiary/aromatic N) is 4. The minimum atomic E-state index is -1.95. The van der Waals surface area contributed by atoms with E-state index in [0.29, 0.717) is 11.2 Å². The topological polar surface area (TPSA) is 183 Å². The molecular formula is C25H26N8O4S. The van der Waals surface area contributed by atoms with E-state index < -0.39 is 29.3 Å². The highest BCUT2D eigenvalue weighted by molar-refractivity contribution is 7.81. The molecule has 1 amide bonds. The molecular weight excluding hydrogens is 508 g/mol. The molecule has 4 rings (SSSR count). The summed E-state index contributed by atoms with van der Waals surface area (Å²) in [5.74, 6) is 5.65. The van der Waals surface area contributed by atoms with Crippen molar-refractivity contribution in [2.24, 2.45) is 0 Å². The van der Waals surface area contributed by atoms with Crippen LogP contribution in [0.4, 0.5) is 11.5 Å². The minimum absolute atomic E-state index is 0.0353. The molecule has 0 radical (unpaired) electrons. The van der Waals surface area contributed by atoms with Gasteiger partial charge in [-0.25, -0.2) is 23.9 Å². The monoisotopic (exact) mass is 534 g/mol. The Balaban J connectivity index is 1.41. The third kappa shape index (κ3) is 6.50. The van der Waals surface area contributed by atoms with Crippen LogP contribution in [0, 0.1) is 11.8 Å². The van der Waals surface area contributed by atoms with Gasteiger partial charge in [0.05, 0.1) is 30.6 Å². The summed E-state index contributed by atoms with van der Waals surface area (Å²) in [6.07, 6.45) is -0.361. The molecule has 0 saturated heterocycles. The zero-order chi connectivity index (χ0) is 27.1. The van der Waals surface area contributed by atoms with Gasteiger partial charge in [0.25, 0.3) is 5.91 Å². The molecule has 0 aliphatic rings. The highest BCUT2D eigenvalue weighted by atomic mass is 32.2. The molecule has 2 aromatic carbocycles. The van der Waals surface area contributed by atoms with Crippen molar-refractivity contribution in [2.45, 2.75) is 18.8 Å². The number of hydrogen-bond acceptors (Lipinski definition) is 9. The van der Waals surface area contributed by atoms with Gasteiger partial charge in [0.1, 0.15) is 5.52 Å². The van der Waals surface area contributed by atoms with Crippen LogP contribution in [-0.2, 0) is 22.5 Å². The minimum Gasteiger partial charge on any atom is -0.398 e. The average Bonchev–Trinajstić information content (AvgIpc) is 3.31. The van der Waals surface area contributed by atoms with Crippen LogP contribution in [0.1, 0.15) is 21.7 Å². The Kier molecular flexibility index (Phi) is 8.62. The normalized spacial score (nSPS) is 13.3. The van der Waals surface area contributed by atoms with Gasteiger partial charge in [-0.1, -0.05) is 36.3 Å². The summed E-state index contributed by atoms with van der Waals surface area (Å²) in [6, 6.07) is 15.8. The maximum Gasteiger partial charge on any atom is 0.266 e. The van der Waals surface area contributed by atoms with Crippen molar-refractivity contribution in [3.05, 3.63) is 77.9 Å². The molecule has 0 aliphatic heterocycles. The summed E-state index contributed by atoms with van der Waals surface area (Å²) < 4.78 is 24.3. The van der Waals surface area contributed by atoms with Crippen molar-refractivity contribution in [1.82, 2.24) is 29.0 Å². The number of aliphatic hydroxyl groups is 1. The molecule has 0 saturated carbocycles. The van der Waals surface area contributed by atoms with Gasteiger partial charge in [0.15, 0.2) is 22.6 Å². The quantitative estimate of drug-likeness (QED) is 0.149. The first kappa shape index (κ1) is 26.7. The molecule has 0 aliphatic carbocycles. The molecule has 3 unspecified atom stereocenters. The fraction of sp³-hybridized carbons (Fsp3) is 0.200. The lowest BCUT2D eigenvalue weighted by molar-refractivity contribution is -0.0152. The van der Waals surface area contributed by atoms with E-state index in [1.165, 1.54) is 19.5 Å². The number of anilines is 2. The van der Waals surface area contributed by atoms with Crippen molar-refractivity contribution in [1.29, 1.82) is 0 Å². The number of para-hydroxylation sites is 1. The van der Waals surface area contributed by atoms with E-state index in [1.807, 2.05) is 30.3 Å². The third-order valence-electron chi connectivity index (χ3n) is 5.51. The molecule has 0 fully saturated rings. The van der Waals surface area contributed by atoms with Crippen LogP contribution in [0.3, 0.4) is 0 Å². The maximum absolute atomic E-state index is 12.3. The van der Waals surface area contributed by atoms with Gasteiger partial charge in [-0.15, -0.1) is 0 Å². The molecule has 4 aromatic rings. The summed E-state index contributed by atoms with van der Waals surface area (Å²) in [5.41, 5.74) is 13.9. The van der Waals surface area contributed by atoms with E-state index in [-0.39, 0.29) is 36.0 Å². The molecule has 0 spiro atoms. The molecule has 0 bridgehead atoms. The van der Waals surface area contributed by atoms with Crippen molar-refractivity contribution in [3.63, 3.8) is 0 Å². The van der Waals surface area contributed by atoms with Gasteiger partial charge in [-0.3, -0.25) is 9.52 Å². The first-order valence-electron chi connectivity index (χ1n) is 11.4. The van der Waals surface area contributed by atoms with E-state index in [2.05, 4.69) is 36.2 Å². The van der Waals surface area contributed by atoms with Crippen LogP contribution in [0.2, 0.25) is 0 Å². The van der Waals surface area contributed by atoms with Crippen LogP contribution in [0.5, 0.6) is 0 Å². The fourth-order valence-corrected chi connectivity index (χ4v) is 4.20. The second kappa shape index (κ2) is 12.3. The Labute approximate surface area is 221 Å². The standard InChI is InChI=1S/C25H26N8O4S/c1-37-20(13-29-38(36)32-25(35)17-9-5-6-10-18(17)26)19(34)14-33-15-28-22-23(27)30-21(31-24(22)33)12-11-16-7-3-2-4-8-16/h2-10,15,19-20,29,34H,13-14,26H2,1H3,(H,32,35)(H2,27,30,31). The summed E-state index contributed by atoms with van der Waals surface area (Å²) in [5, 5.41) is 10.8. The number of carbonyl (C=O) groups is 1. The molecule has 196 valence electrons. The number of nitrogen functional groups attached to an aromatic ring is 2. The number of nitrogens with one attached hydrogen (secondary N) is 2. The lowest BCUT2D eigenvalue weighted by atomic mass is 10.2. The van der Waals surface area contributed by atoms with Crippen LogP contribution in [-0.4, -0.2) is 60.6 Å². The Morgan fingerprint density at radius 2 is 1.87 bits per heavy atom. The van der Waals surface area contributed by atoms with Gasteiger partial charge in [0.2, 0.25) is 5.82 Å². The van der Waals surface area contributed by atoms with E-state index in [0.717, 1.165) is 5.56 Å². The number of rotatable bonds is 9. The van der Waals surface area contributed by atoms with Crippen molar-refractivity contribution < 1.29 is 18.8 Å². The summed E-state index contributed by atoms with van der Waals surface area (Å²) in [6.45, 7) is 0.00458. The predicted octanol–water partition coefficient (Wildman–Crippen LogP) is 0.365. The van der Waals surface area contributed by atoms with E-state index in [4.69, 9.17) is 16.2 Å². The molecule has 2 heterocycles. The molecule has 3 atom stereocenters. The number of fused-ring (bicyclic) bond motifs is 1. The van der Waals surface area contributed by atoms with Crippen molar-refractivity contribution in [2.75, 3.05) is 25.1 Å². The van der Waals surface area contributed by atoms with Gasteiger partial charge >= 0.3 is 0 Å². The number of carbonyl (C=O) groups excluding carboxylic acids is 1. The lowest BCUT2D eigenvalue weighted by Gasteiger charge is -2.22. The zero-order valence-corrected chi connectivity index (χ0v) is 21.2. The number of aliphatic hydroxyl groups excluding tert-OH is 1. The maximum atomic E-state index is 12.3. The number of ether oxygens (including phenoxy) is 1. The fourth-order valence-electron chi connectivity index (χ4n) is 3.54. The average molecular weight is 535 g/mol. The van der Waals surface area contributed by atoms with Gasteiger partial charge < -0.3 is 25.9 Å². The second-order valence-electron chi connectivity index (χ2n) is 8.09. The summed E-state index contributed by atoms with van der Waals surface area (Å²) >= 11 is -1.95. The SMILES string of the molecule is COC(CNS(=O)NC(=O)c1ccccc1N)C(O)Cn1cnc2c(N)nc(C#Cc3ccccc3)nc21. The van der Waals surface area contributed by atoms with Crippen LogP contribution < -0.4 is 20.9 Å². The van der Waals surface area contributed by atoms with Crippen LogP contribution >= 0.6 is 0 Å². The summed E-state index contributed by atoms with van der Waals surface area (Å²) in [4.78, 5) is 25.2. The van der Waals surface area contributed by atoms with Crippen molar-refractivity contribution in [3.8, 4) is 11.8 Å². The Hall–Kier alpha value is -4.35. The highest BCUT2D eigenvalue weighted by Gasteiger charge is 2.22. The number of benzene rings is 2. The number of hydrogen-bond donors (Lipinski definition) is 5. The smallest absolute Gasteiger partial charge is 0.266 e. The number of aromatic nitrogens is 4. The Morgan fingerprint density at radius 1 is 1.13 bits per heavy atom. The first-order valence-corrected chi connectivity index (χ1v) is 12.6. The molecule has 7 N–H and O–H groups in total. The lowest BCUT2D eigenvalue weighted by Crippen LogP contribution is -2.44. The molecule has 12 nitrogen and oxygen atoms in total. The first-order chi connectivity index (χ1) is 18.4. The number of nitrogens with two attached hydrogens (primary N) is 2. The highest BCUT2D eigenvalue weighted by Crippen LogP contribution is 2.17. The van der Waals surface area contributed by atoms with Gasteiger partial charge in [0, 0.05) is 24.9 Å². The van der Waals surface area contributed by atoms with E-state index in [9.17, 15) is 14.1 Å². The third-order valence-corrected chi connectivity index (χ3v) is 6.31. The van der Waals surface area contributed by atoms with E-state index >= 15 is 0 Å². The predicted molar refractivity (Wildman–Crippen MR) is 143 cm³/mol. The molecule has 38 heavy (non-hydrogen) atoms. The summed E-state index contributed by atoms with van der Waals surface area (Å²) in [7, 11) is 1.41. The van der Waals surface area contributed by atoms with Crippen LogP contribution in [0.25, 0.3) is 11.2 Å². The van der Waals surface area contributed by atoms with Crippen LogP contribution in [0.15, 0.2) is 60.9 Å². The van der Waals surface area contributed by atoms with Gasteiger partial charge in [-0.05, 0) is 30.2 Å². The molecule has 2 aromatic heterocycles. The zero-order valence-electron chi connectivity index (χ0n) is 20.4. The Bertz CT molecular complexity index is 1520. The number of imidazole rings is 1. The number of amides is 1. The van der Waals surface area contributed by atoms with Gasteiger partial charge in [-0.2, -0.15) is 0 Å².